The Hall–Kier alpha value is -0.780. The summed E-state index contributed by atoms with van der Waals surface area (Å²) < 4.78 is 12.8. The third-order valence-corrected chi connectivity index (χ3v) is 3.20. The van der Waals surface area contributed by atoms with Gasteiger partial charge in [0, 0.05) is 12.0 Å². The zero-order valence-corrected chi connectivity index (χ0v) is 12.8. The third-order valence-electron chi connectivity index (χ3n) is 3.20. The monoisotopic (exact) mass is 347 g/mol. The lowest BCUT2D eigenvalue weighted by Gasteiger charge is -2.18. The zero-order valence-electron chi connectivity index (χ0n) is 10.7. The Morgan fingerprint density at radius 3 is 2.35 bits per heavy atom. The van der Waals surface area contributed by atoms with E-state index in [9.17, 15) is 0 Å². The molecule has 1 aromatic rings. The quantitative estimate of drug-likeness (QED) is 0.491. The van der Waals surface area contributed by atoms with Gasteiger partial charge in [-0.2, -0.15) is 0 Å². The molecule has 17 heavy (non-hydrogen) atoms. The molecule has 0 saturated heterocycles. The highest BCUT2D eigenvalue weighted by Crippen LogP contribution is 2.31. The van der Waals surface area contributed by atoms with Crippen LogP contribution in [0.5, 0.6) is 11.5 Å². The number of hydrogen-bond donors (Lipinski definition) is 0. The summed E-state index contributed by atoms with van der Waals surface area (Å²) in [6.07, 6.45) is 3.20. The summed E-state index contributed by atoms with van der Waals surface area (Å²) in [6, 6.07) is 4.65. The molecule has 94 valence electrons. The van der Waals surface area contributed by atoms with Crippen molar-refractivity contribution < 1.29 is 38.0 Å². The standard InChI is InChI=1S/C13H18NO2.HI/c1-9-5-10-6-12(15-3)13(16-4)7-11(10)8-14(9)2;/h6-9H,5H2,1-4H3;1H/q+1;/p-1. The Balaban J connectivity index is 0.00000144. The highest BCUT2D eigenvalue weighted by Gasteiger charge is 2.22. The van der Waals surface area contributed by atoms with Crippen molar-refractivity contribution in [3.05, 3.63) is 23.3 Å². The van der Waals surface area contributed by atoms with Gasteiger partial charge in [-0.05, 0) is 24.6 Å². The number of benzene rings is 1. The lowest BCUT2D eigenvalue weighted by molar-refractivity contribution is -0.530. The van der Waals surface area contributed by atoms with Gasteiger partial charge in [-0.15, -0.1) is 0 Å². The van der Waals surface area contributed by atoms with Crippen LogP contribution < -0.4 is 33.5 Å². The van der Waals surface area contributed by atoms with Crippen LogP contribution in [0.3, 0.4) is 0 Å². The Labute approximate surface area is 119 Å². The van der Waals surface area contributed by atoms with E-state index in [1.807, 2.05) is 6.07 Å². The summed E-state index contributed by atoms with van der Waals surface area (Å²) in [5.41, 5.74) is 2.54. The van der Waals surface area contributed by atoms with Crippen LogP contribution in [-0.2, 0) is 6.42 Å². The molecule has 1 heterocycles. The maximum atomic E-state index is 5.31. The topological polar surface area (TPSA) is 21.5 Å². The molecule has 1 unspecified atom stereocenters. The molecule has 0 radical (unpaired) electrons. The number of fused-ring (bicyclic) bond motifs is 1. The van der Waals surface area contributed by atoms with Crippen molar-refractivity contribution in [2.24, 2.45) is 0 Å². The van der Waals surface area contributed by atoms with Crippen LogP contribution in [0.25, 0.3) is 0 Å². The summed E-state index contributed by atoms with van der Waals surface area (Å²) in [4.78, 5) is 0. The summed E-state index contributed by atoms with van der Waals surface area (Å²) >= 11 is 0. The highest BCUT2D eigenvalue weighted by molar-refractivity contribution is 5.80. The molecule has 1 aromatic carbocycles. The van der Waals surface area contributed by atoms with Crippen LogP contribution in [0.4, 0.5) is 0 Å². The summed E-state index contributed by atoms with van der Waals surface area (Å²) in [5, 5.41) is 0. The molecule has 0 amide bonds. The second kappa shape index (κ2) is 5.71. The molecule has 0 aromatic heterocycles. The normalized spacial score (nSPS) is 17.6. The Bertz CT molecular complexity index is 443. The van der Waals surface area contributed by atoms with E-state index in [4.69, 9.17) is 9.47 Å². The average Bonchev–Trinajstić information content (AvgIpc) is 2.29. The molecule has 0 N–H and O–H groups in total. The minimum atomic E-state index is 0. The fourth-order valence-electron chi connectivity index (χ4n) is 2.04. The van der Waals surface area contributed by atoms with Gasteiger partial charge in [0.05, 0.1) is 14.2 Å². The molecule has 2 rings (SSSR count). The molecular weight excluding hydrogens is 329 g/mol. The van der Waals surface area contributed by atoms with E-state index >= 15 is 0 Å². The number of ether oxygens (including phenoxy) is 2. The smallest absolute Gasteiger partial charge is 0.171 e. The van der Waals surface area contributed by atoms with E-state index in [0.29, 0.717) is 6.04 Å². The number of methoxy groups -OCH3 is 2. The molecule has 0 saturated carbocycles. The van der Waals surface area contributed by atoms with E-state index in [1.165, 1.54) is 11.1 Å². The van der Waals surface area contributed by atoms with Gasteiger partial charge in [0.1, 0.15) is 7.05 Å². The van der Waals surface area contributed by atoms with Crippen molar-refractivity contribution in [1.29, 1.82) is 0 Å². The Kier molecular flexibility index (Phi) is 4.80. The maximum absolute atomic E-state index is 5.31. The molecule has 0 spiro atoms. The molecule has 4 heteroatoms. The van der Waals surface area contributed by atoms with Gasteiger partial charge in [-0.3, -0.25) is 0 Å². The summed E-state index contributed by atoms with van der Waals surface area (Å²) in [6.45, 7) is 2.22. The number of halogens is 1. The van der Waals surface area contributed by atoms with Crippen molar-refractivity contribution in [3.8, 4) is 11.5 Å². The largest absolute Gasteiger partial charge is 1.00 e. The van der Waals surface area contributed by atoms with E-state index in [-0.39, 0.29) is 24.0 Å². The van der Waals surface area contributed by atoms with Gasteiger partial charge in [0.25, 0.3) is 0 Å². The van der Waals surface area contributed by atoms with E-state index in [0.717, 1.165) is 17.9 Å². The van der Waals surface area contributed by atoms with Crippen LogP contribution >= 0.6 is 0 Å². The highest BCUT2D eigenvalue weighted by atomic mass is 127. The van der Waals surface area contributed by atoms with Crippen molar-refractivity contribution in [3.63, 3.8) is 0 Å². The second-order valence-corrected chi connectivity index (χ2v) is 4.25. The predicted octanol–water partition coefficient (Wildman–Crippen LogP) is -1.29. The molecular formula is C13H18INO2. The predicted molar refractivity (Wildman–Crippen MR) is 64.1 cm³/mol. The number of rotatable bonds is 2. The van der Waals surface area contributed by atoms with Crippen LogP contribution in [0.1, 0.15) is 18.1 Å². The van der Waals surface area contributed by atoms with Gasteiger partial charge in [0.2, 0.25) is 0 Å². The molecule has 3 nitrogen and oxygen atoms in total. The Morgan fingerprint density at radius 1 is 1.18 bits per heavy atom. The fraction of sp³-hybridized carbons (Fsp3) is 0.462. The van der Waals surface area contributed by atoms with Crippen LogP contribution in [-0.4, -0.2) is 38.1 Å². The van der Waals surface area contributed by atoms with E-state index < -0.39 is 0 Å². The number of nitrogens with zero attached hydrogens (tertiary/aromatic N) is 1. The molecule has 1 aliphatic rings. The van der Waals surface area contributed by atoms with Gasteiger partial charge >= 0.3 is 0 Å². The van der Waals surface area contributed by atoms with Crippen molar-refractivity contribution >= 4 is 6.21 Å². The minimum absolute atomic E-state index is 0. The van der Waals surface area contributed by atoms with E-state index in [1.54, 1.807) is 14.2 Å². The first-order valence-corrected chi connectivity index (χ1v) is 5.47. The maximum Gasteiger partial charge on any atom is 0.171 e. The zero-order chi connectivity index (χ0) is 11.7. The van der Waals surface area contributed by atoms with Crippen LogP contribution in [0.2, 0.25) is 0 Å². The first-order valence-electron chi connectivity index (χ1n) is 5.47. The second-order valence-electron chi connectivity index (χ2n) is 4.25. The molecule has 1 aliphatic heterocycles. The van der Waals surface area contributed by atoms with Crippen molar-refractivity contribution in [2.75, 3.05) is 21.3 Å². The first-order chi connectivity index (χ1) is 7.65. The summed E-state index contributed by atoms with van der Waals surface area (Å²) in [7, 11) is 5.44. The number of likely N-dealkylation sites (N-methyl/N-ethyl adjacent to an activating group) is 1. The van der Waals surface area contributed by atoms with E-state index in [2.05, 4.69) is 30.8 Å². The molecule has 1 atom stereocenters. The first kappa shape index (κ1) is 14.3. The lowest BCUT2D eigenvalue weighted by Crippen LogP contribution is -3.00. The van der Waals surface area contributed by atoms with Gasteiger partial charge in [0.15, 0.2) is 23.8 Å². The van der Waals surface area contributed by atoms with Crippen molar-refractivity contribution in [1.82, 2.24) is 0 Å². The molecule has 0 aliphatic carbocycles. The Morgan fingerprint density at radius 2 is 1.76 bits per heavy atom. The van der Waals surface area contributed by atoms with Gasteiger partial charge in [-0.25, -0.2) is 4.58 Å². The SMILES string of the molecule is COc1cc2c(cc1OC)CC(C)[N+](C)=C2.[I-]. The number of hydrogen-bond acceptors (Lipinski definition) is 2. The third kappa shape index (κ3) is 2.73. The van der Waals surface area contributed by atoms with Crippen molar-refractivity contribution in [2.45, 2.75) is 19.4 Å². The van der Waals surface area contributed by atoms with Crippen LogP contribution in [0.15, 0.2) is 12.1 Å². The lowest BCUT2D eigenvalue weighted by atomic mass is 9.97. The van der Waals surface area contributed by atoms with Crippen LogP contribution in [0, 0.1) is 0 Å². The van der Waals surface area contributed by atoms with Gasteiger partial charge < -0.3 is 33.5 Å². The minimum Gasteiger partial charge on any atom is -1.00 e. The van der Waals surface area contributed by atoms with Gasteiger partial charge in [-0.1, -0.05) is 0 Å². The fourth-order valence-corrected chi connectivity index (χ4v) is 2.04. The average molecular weight is 347 g/mol. The molecule has 0 fully saturated rings. The summed E-state index contributed by atoms with van der Waals surface area (Å²) in [5.74, 6) is 1.60. The molecule has 0 bridgehead atoms.